The first kappa shape index (κ1) is 19.0. The van der Waals surface area contributed by atoms with Crippen LogP contribution in [0.25, 0.3) is 5.65 Å². The Labute approximate surface area is 169 Å². The van der Waals surface area contributed by atoms with Crippen LogP contribution in [0.1, 0.15) is 18.5 Å². The fourth-order valence-electron chi connectivity index (χ4n) is 3.67. The normalized spacial score (nSPS) is 16.6. The lowest BCUT2D eigenvalue weighted by Crippen LogP contribution is -2.47. The van der Waals surface area contributed by atoms with E-state index in [1.54, 1.807) is 4.90 Å². The summed E-state index contributed by atoms with van der Waals surface area (Å²) in [6.07, 6.45) is 6.25. The van der Waals surface area contributed by atoms with Crippen molar-refractivity contribution in [3.63, 3.8) is 0 Å². The van der Waals surface area contributed by atoms with E-state index >= 15 is 0 Å². The lowest BCUT2D eigenvalue weighted by Gasteiger charge is -2.32. The largest absolute Gasteiger partial charge is 0.355 e. The number of likely N-dealkylation sites (tertiary alicyclic amines) is 1. The Morgan fingerprint density at radius 1 is 1.10 bits per heavy atom. The third kappa shape index (κ3) is 4.74. The van der Waals surface area contributed by atoms with Crippen LogP contribution in [0.15, 0.2) is 60.9 Å². The highest BCUT2D eigenvalue weighted by Crippen LogP contribution is 2.18. The first-order valence-corrected chi connectivity index (χ1v) is 10.0. The molecule has 1 saturated heterocycles. The van der Waals surface area contributed by atoms with Gasteiger partial charge in [-0.15, -0.1) is 0 Å². The second kappa shape index (κ2) is 8.77. The van der Waals surface area contributed by atoms with Gasteiger partial charge < -0.3 is 19.9 Å². The first-order chi connectivity index (χ1) is 14.2. The van der Waals surface area contributed by atoms with E-state index in [2.05, 4.69) is 15.6 Å². The van der Waals surface area contributed by atoms with Gasteiger partial charge in [0.2, 0.25) is 5.91 Å². The molecule has 3 amide bonds. The number of hydrogen-bond donors (Lipinski definition) is 2. The summed E-state index contributed by atoms with van der Waals surface area (Å²) in [5, 5.41) is 5.90. The number of amides is 3. The molecule has 3 aromatic rings. The molecule has 1 aliphatic rings. The molecular formula is C22H25N5O2. The second-order valence-corrected chi connectivity index (χ2v) is 7.32. The Balaban J connectivity index is 1.26. The maximum absolute atomic E-state index is 12.6. The molecule has 4 rings (SSSR count). The van der Waals surface area contributed by atoms with Gasteiger partial charge in [0.05, 0.1) is 11.6 Å². The Bertz CT molecular complexity index is 952. The van der Waals surface area contributed by atoms with Gasteiger partial charge in [-0.1, -0.05) is 24.3 Å². The topological polar surface area (TPSA) is 78.7 Å². The predicted molar refractivity (Wildman–Crippen MR) is 112 cm³/mol. The summed E-state index contributed by atoms with van der Waals surface area (Å²) in [4.78, 5) is 31.4. The minimum Gasteiger partial charge on any atom is -0.355 e. The van der Waals surface area contributed by atoms with Crippen molar-refractivity contribution < 1.29 is 9.59 Å². The summed E-state index contributed by atoms with van der Waals surface area (Å²) in [6, 6.07) is 15.1. The van der Waals surface area contributed by atoms with Crippen molar-refractivity contribution in [3.05, 3.63) is 66.6 Å². The van der Waals surface area contributed by atoms with Crippen LogP contribution in [-0.2, 0) is 11.2 Å². The minimum atomic E-state index is -0.175. The van der Waals surface area contributed by atoms with Gasteiger partial charge in [0.15, 0.2) is 0 Å². The summed E-state index contributed by atoms with van der Waals surface area (Å²) < 4.78 is 1.97. The van der Waals surface area contributed by atoms with Crippen LogP contribution in [-0.4, -0.2) is 45.9 Å². The fourth-order valence-corrected chi connectivity index (χ4v) is 3.67. The highest BCUT2D eigenvalue weighted by Gasteiger charge is 2.28. The zero-order chi connectivity index (χ0) is 20.1. The molecule has 2 N–H and O–H groups in total. The number of benzene rings is 1. The van der Waals surface area contributed by atoms with Crippen molar-refractivity contribution in [1.82, 2.24) is 19.6 Å². The molecule has 1 aromatic carbocycles. The van der Waals surface area contributed by atoms with E-state index < -0.39 is 0 Å². The second-order valence-electron chi connectivity index (χ2n) is 7.32. The van der Waals surface area contributed by atoms with Gasteiger partial charge >= 0.3 is 6.03 Å². The summed E-state index contributed by atoms with van der Waals surface area (Å²) in [7, 11) is 0. The molecule has 0 radical (unpaired) electrons. The van der Waals surface area contributed by atoms with E-state index in [0.717, 1.165) is 29.9 Å². The number of fused-ring (bicyclic) bond motifs is 1. The molecule has 1 unspecified atom stereocenters. The average molecular weight is 391 g/mol. The molecule has 1 aliphatic heterocycles. The standard InChI is InChI=1S/C22H25N5O2/c28-21(23-12-11-19-16-26-13-5-4-10-20(26)24-19)17-7-6-14-27(15-17)22(29)25-18-8-2-1-3-9-18/h1-5,8-10,13,16-17H,6-7,11-12,14-15H2,(H,23,28)(H,25,29). The summed E-state index contributed by atoms with van der Waals surface area (Å²) in [5.41, 5.74) is 2.61. The lowest BCUT2D eigenvalue weighted by atomic mass is 9.97. The maximum Gasteiger partial charge on any atom is 0.321 e. The van der Waals surface area contributed by atoms with Gasteiger partial charge in [-0.05, 0) is 37.1 Å². The van der Waals surface area contributed by atoms with Gasteiger partial charge in [0.1, 0.15) is 5.65 Å². The summed E-state index contributed by atoms with van der Waals surface area (Å²) >= 11 is 0. The minimum absolute atomic E-state index is 0.00553. The molecule has 0 aliphatic carbocycles. The maximum atomic E-state index is 12.6. The van der Waals surface area contributed by atoms with Crippen LogP contribution in [0.5, 0.6) is 0 Å². The van der Waals surface area contributed by atoms with E-state index in [1.165, 1.54) is 0 Å². The van der Waals surface area contributed by atoms with Crippen molar-refractivity contribution in [2.24, 2.45) is 5.92 Å². The van der Waals surface area contributed by atoms with Gasteiger partial charge in [0.25, 0.3) is 0 Å². The Kier molecular flexibility index (Phi) is 5.74. The zero-order valence-corrected chi connectivity index (χ0v) is 16.3. The molecule has 2 aromatic heterocycles. The number of nitrogens with one attached hydrogen (secondary N) is 2. The van der Waals surface area contributed by atoms with Gasteiger partial charge in [-0.3, -0.25) is 4.79 Å². The predicted octanol–water partition coefficient (Wildman–Crippen LogP) is 2.94. The number of aromatic nitrogens is 2. The zero-order valence-electron chi connectivity index (χ0n) is 16.3. The van der Waals surface area contributed by atoms with Crippen LogP contribution < -0.4 is 10.6 Å². The molecule has 150 valence electrons. The number of rotatable bonds is 5. The van der Waals surface area contributed by atoms with E-state index in [-0.39, 0.29) is 17.9 Å². The number of carbonyl (C=O) groups is 2. The summed E-state index contributed by atoms with van der Waals surface area (Å²) in [6.45, 7) is 1.65. The van der Waals surface area contributed by atoms with Gasteiger partial charge in [-0.2, -0.15) is 0 Å². The molecular weight excluding hydrogens is 366 g/mol. The molecule has 29 heavy (non-hydrogen) atoms. The van der Waals surface area contributed by atoms with Crippen molar-refractivity contribution in [3.8, 4) is 0 Å². The monoisotopic (exact) mass is 391 g/mol. The molecule has 0 saturated carbocycles. The SMILES string of the molecule is O=C(NCCc1cn2ccccc2n1)C1CCCN(C(=O)Nc2ccccc2)C1. The number of urea groups is 1. The van der Waals surface area contributed by atoms with Crippen LogP contribution >= 0.6 is 0 Å². The number of piperidine rings is 1. The van der Waals surface area contributed by atoms with E-state index in [1.807, 2.05) is 65.3 Å². The van der Waals surface area contributed by atoms with Crippen molar-refractivity contribution in [2.75, 3.05) is 25.0 Å². The van der Waals surface area contributed by atoms with Crippen molar-refractivity contribution in [1.29, 1.82) is 0 Å². The quantitative estimate of drug-likeness (QED) is 0.702. The van der Waals surface area contributed by atoms with Crippen molar-refractivity contribution >= 4 is 23.3 Å². The summed E-state index contributed by atoms with van der Waals surface area (Å²) in [5.74, 6) is -0.169. The number of anilines is 1. The van der Waals surface area contributed by atoms with E-state index in [9.17, 15) is 9.59 Å². The van der Waals surface area contributed by atoms with Crippen LogP contribution in [0.2, 0.25) is 0 Å². The number of imidazole rings is 1. The van der Waals surface area contributed by atoms with Gasteiger partial charge in [-0.25, -0.2) is 9.78 Å². The molecule has 1 atom stereocenters. The number of pyridine rings is 1. The third-order valence-corrected chi connectivity index (χ3v) is 5.20. The first-order valence-electron chi connectivity index (χ1n) is 10.0. The molecule has 3 heterocycles. The highest BCUT2D eigenvalue weighted by molar-refractivity contribution is 5.90. The van der Waals surface area contributed by atoms with E-state index in [4.69, 9.17) is 0 Å². The van der Waals surface area contributed by atoms with Crippen LogP contribution in [0.3, 0.4) is 0 Å². The average Bonchev–Trinajstić information content (AvgIpc) is 3.17. The van der Waals surface area contributed by atoms with Crippen LogP contribution in [0.4, 0.5) is 10.5 Å². The van der Waals surface area contributed by atoms with E-state index in [0.29, 0.717) is 26.1 Å². The molecule has 1 fully saturated rings. The molecule has 0 bridgehead atoms. The number of nitrogens with zero attached hydrogens (tertiary/aromatic N) is 3. The lowest BCUT2D eigenvalue weighted by molar-refractivity contribution is -0.126. The smallest absolute Gasteiger partial charge is 0.321 e. The van der Waals surface area contributed by atoms with Crippen LogP contribution in [0, 0.1) is 5.92 Å². The molecule has 0 spiro atoms. The Morgan fingerprint density at radius 2 is 1.93 bits per heavy atom. The number of hydrogen-bond acceptors (Lipinski definition) is 3. The molecule has 7 heteroatoms. The van der Waals surface area contributed by atoms with Gasteiger partial charge in [0, 0.05) is 44.1 Å². The highest BCUT2D eigenvalue weighted by atomic mass is 16.2. The molecule has 7 nitrogen and oxygen atoms in total. The van der Waals surface area contributed by atoms with Crippen molar-refractivity contribution in [2.45, 2.75) is 19.3 Å². The number of para-hydroxylation sites is 1. The third-order valence-electron chi connectivity index (χ3n) is 5.20. The fraction of sp³-hybridized carbons (Fsp3) is 0.318. The number of carbonyl (C=O) groups excluding carboxylic acids is 2. The Morgan fingerprint density at radius 3 is 2.76 bits per heavy atom. The Hall–Kier alpha value is -3.35.